The van der Waals surface area contributed by atoms with Crippen LogP contribution in [0.3, 0.4) is 0 Å². The number of carbonyl (C=O) groups is 1. The van der Waals surface area contributed by atoms with Crippen LogP contribution in [0.5, 0.6) is 11.5 Å². The first-order valence-corrected chi connectivity index (χ1v) is 9.04. The first-order valence-electron chi connectivity index (χ1n) is 7.88. The lowest BCUT2D eigenvalue weighted by molar-refractivity contribution is -0.118. The number of hydrogen-bond acceptors (Lipinski definition) is 5. The summed E-state index contributed by atoms with van der Waals surface area (Å²) in [5.74, 6) is 2.50. The van der Waals surface area contributed by atoms with E-state index in [-0.39, 0.29) is 5.91 Å². The number of rotatable bonds is 9. The van der Waals surface area contributed by atoms with Gasteiger partial charge in [0.2, 0.25) is 5.91 Å². The number of aryl methyl sites for hydroxylation is 1. The zero-order valence-electron chi connectivity index (χ0n) is 14.4. The highest BCUT2D eigenvalue weighted by molar-refractivity contribution is 7.99. The minimum Gasteiger partial charge on any atom is -0.497 e. The number of methoxy groups -OCH3 is 2. The summed E-state index contributed by atoms with van der Waals surface area (Å²) in [7, 11) is 3.18. The summed E-state index contributed by atoms with van der Waals surface area (Å²) < 4.78 is 10.4. The summed E-state index contributed by atoms with van der Waals surface area (Å²) in [6, 6.07) is 15.6. The van der Waals surface area contributed by atoms with E-state index in [1.807, 2.05) is 18.2 Å². The lowest BCUT2D eigenvalue weighted by Gasteiger charge is -2.06. The summed E-state index contributed by atoms with van der Waals surface area (Å²) in [5.41, 5.74) is 4.54. The van der Waals surface area contributed by atoms with E-state index in [4.69, 9.17) is 9.47 Å². The molecule has 0 radical (unpaired) electrons. The highest BCUT2D eigenvalue weighted by Gasteiger charge is 2.04. The highest BCUT2D eigenvalue weighted by atomic mass is 32.2. The summed E-state index contributed by atoms with van der Waals surface area (Å²) in [6.45, 7) is 0. The second kappa shape index (κ2) is 10.4. The molecule has 0 saturated carbocycles. The number of hydrogen-bond donors (Lipinski definition) is 1. The van der Waals surface area contributed by atoms with E-state index in [1.54, 1.807) is 50.4 Å². The number of ether oxygens (including phenoxy) is 2. The number of hydrazone groups is 1. The highest BCUT2D eigenvalue weighted by Crippen LogP contribution is 2.22. The van der Waals surface area contributed by atoms with Gasteiger partial charge in [0.1, 0.15) is 11.5 Å². The van der Waals surface area contributed by atoms with Gasteiger partial charge < -0.3 is 9.47 Å². The van der Waals surface area contributed by atoms with Gasteiger partial charge in [-0.05, 0) is 35.9 Å². The van der Waals surface area contributed by atoms with Crippen LogP contribution in [0.4, 0.5) is 0 Å². The summed E-state index contributed by atoms with van der Waals surface area (Å²) in [6.07, 6.45) is 2.50. The molecule has 0 aliphatic carbocycles. The average Bonchev–Trinajstić information content (AvgIpc) is 2.66. The Kier molecular flexibility index (Phi) is 7.85. The Labute approximate surface area is 152 Å². The van der Waals surface area contributed by atoms with Crippen LogP contribution in [0.25, 0.3) is 0 Å². The lowest BCUT2D eigenvalue weighted by Crippen LogP contribution is -2.20. The molecule has 0 aliphatic heterocycles. The van der Waals surface area contributed by atoms with E-state index in [0.717, 1.165) is 17.7 Å². The molecule has 0 bridgehead atoms. The van der Waals surface area contributed by atoms with Crippen molar-refractivity contribution in [1.29, 1.82) is 0 Å². The standard InChI is InChI=1S/C19H22N2O3S/c1-23-17-8-9-18(24-2)16(12-17)13-20-21-19(22)14-25-11-10-15-6-4-3-5-7-15/h3-9,12-13H,10-11,14H2,1-2H3,(H,21,22)/b20-13-. The third kappa shape index (κ3) is 6.51. The molecular weight excluding hydrogens is 336 g/mol. The zero-order valence-corrected chi connectivity index (χ0v) is 15.2. The second-order valence-electron chi connectivity index (χ2n) is 5.19. The van der Waals surface area contributed by atoms with Crippen molar-refractivity contribution in [3.05, 3.63) is 59.7 Å². The van der Waals surface area contributed by atoms with Gasteiger partial charge in [-0.3, -0.25) is 4.79 Å². The van der Waals surface area contributed by atoms with Gasteiger partial charge in [-0.1, -0.05) is 30.3 Å². The molecule has 0 heterocycles. The van der Waals surface area contributed by atoms with Gasteiger partial charge in [0, 0.05) is 5.56 Å². The minimum atomic E-state index is -0.129. The molecule has 5 nitrogen and oxygen atoms in total. The number of amides is 1. The molecule has 25 heavy (non-hydrogen) atoms. The molecule has 2 aromatic carbocycles. The van der Waals surface area contributed by atoms with Gasteiger partial charge in [-0.15, -0.1) is 0 Å². The fourth-order valence-electron chi connectivity index (χ4n) is 2.15. The first-order chi connectivity index (χ1) is 12.2. The Morgan fingerprint density at radius 1 is 1.16 bits per heavy atom. The number of carbonyl (C=O) groups excluding carboxylic acids is 1. The van der Waals surface area contributed by atoms with Crippen LogP contribution < -0.4 is 14.9 Å². The van der Waals surface area contributed by atoms with Crippen LogP contribution in [0.2, 0.25) is 0 Å². The van der Waals surface area contributed by atoms with Crippen LogP contribution >= 0.6 is 11.8 Å². The van der Waals surface area contributed by atoms with Gasteiger partial charge >= 0.3 is 0 Å². The molecule has 0 unspecified atom stereocenters. The number of benzene rings is 2. The molecule has 0 aliphatic rings. The van der Waals surface area contributed by atoms with E-state index >= 15 is 0 Å². The van der Waals surface area contributed by atoms with E-state index in [2.05, 4.69) is 22.7 Å². The molecule has 132 valence electrons. The van der Waals surface area contributed by atoms with Crippen molar-refractivity contribution in [2.45, 2.75) is 6.42 Å². The van der Waals surface area contributed by atoms with Crippen molar-refractivity contribution in [3.8, 4) is 11.5 Å². The molecule has 1 N–H and O–H groups in total. The molecular formula is C19H22N2O3S. The number of thioether (sulfide) groups is 1. The Morgan fingerprint density at radius 3 is 2.68 bits per heavy atom. The van der Waals surface area contributed by atoms with Crippen molar-refractivity contribution in [2.24, 2.45) is 5.10 Å². The van der Waals surface area contributed by atoms with E-state index in [0.29, 0.717) is 17.3 Å². The van der Waals surface area contributed by atoms with Crippen molar-refractivity contribution in [2.75, 3.05) is 25.7 Å². The van der Waals surface area contributed by atoms with Crippen molar-refractivity contribution in [1.82, 2.24) is 5.43 Å². The topological polar surface area (TPSA) is 59.9 Å². The number of nitrogens with zero attached hydrogens (tertiary/aromatic N) is 1. The van der Waals surface area contributed by atoms with Crippen LogP contribution in [0, 0.1) is 0 Å². The fraction of sp³-hybridized carbons (Fsp3) is 0.263. The maximum absolute atomic E-state index is 11.8. The molecule has 2 rings (SSSR count). The zero-order chi connectivity index (χ0) is 17.9. The van der Waals surface area contributed by atoms with Crippen molar-refractivity contribution < 1.29 is 14.3 Å². The van der Waals surface area contributed by atoms with Gasteiger partial charge in [-0.2, -0.15) is 16.9 Å². The largest absolute Gasteiger partial charge is 0.497 e. The van der Waals surface area contributed by atoms with Gasteiger partial charge in [0.05, 0.1) is 26.2 Å². The van der Waals surface area contributed by atoms with Crippen LogP contribution in [0.1, 0.15) is 11.1 Å². The van der Waals surface area contributed by atoms with Crippen LogP contribution in [-0.4, -0.2) is 37.8 Å². The van der Waals surface area contributed by atoms with Crippen molar-refractivity contribution >= 4 is 23.9 Å². The van der Waals surface area contributed by atoms with Gasteiger partial charge in [-0.25, -0.2) is 5.43 Å². The Balaban J connectivity index is 1.75. The Bertz CT molecular complexity index is 705. The quantitative estimate of drug-likeness (QED) is 0.425. The second-order valence-corrected chi connectivity index (χ2v) is 6.29. The predicted octanol–water partition coefficient (Wildman–Crippen LogP) is 3.13. The van der Waals surface area contributed by atoms with Crippen LogP contribution in [0.15, 0.2) is 53.6 Å². The Morgan fingerprint density at radius 2 is 1.96 bits per heavy atom. The molecule has 1 amide bonds. The van der Waals surface area contributed by atoms with E-state index in [1.165, 1.54) is 5.56 Å². The number of nitrogens with one attached hydrogen (secondary N) is 1. The minimum absolute atomic E-state index is 0.129. The SMILES string of the molecule is COc1ccc(OC)c(/C=N\NC(=O)CSCCc2ccccc2)c1. The normalized spacial score (nSPS) is 10.6. The maximum Gasteiger partial charge on any atom is 0.250 e. The molecule has 0 fully saturated rings. The molecule has 6 heteroatoms. The van der Waals surface area contributed by atoms with Gasteiger partial charge in [0.15, 0.2) is 0 Å². The van der Waals surface area contributed by atoms with Crippen molar-refractivity contribution in [3.63, 3.8) is 0 Å². The Hall–Kier alpha value is -2.47. The first kappa shape index (κ1) is 18.9. The summed E-state index contributed by atoms with van der Waals surface area (Å²) in [4.78, 5) is 11.8. The molecule has 0 saturated heterocycles. The summed E-state index contributed by atoms with van der Waals surface area (Å²) in [5, 5.41) is 3.99. The third-order valence-electron chi connectivity index (χ3n) is 3.44. The average molecular weight is 358 g/mol. The molecule has 2 aromatic rings. The third-order valence-corrected chi connectivity index (χ3v) is 4.40. The molecule has 0 spiro atoms. The monoisotopic (exact) mass is 358 g/mol. The lowest BCUT2D eigenvalue weighted by atomic mass is 10.2. The van der Waals surface area contributed by atoms with Crippen LogP contribution in [-0.2, 0) is 11.2 Å². The molecule has 0 aromatic heterocycles. The molecule has 0 atom stereocenters. The van der Waals surface area contributed by atoms with E-state index in [9.17, 15) is 4.79 Å². The maximum atomic E-state index is 11.8. The predicted molar refractivity (Wildman–Crippen MR) is 103 cm³/mol. The summed E-state index contributed by atoms with van der Waals surface area (Å²) >= 11 is 1.59. The smallest absolute Gasteiger partial charge is 0.250 e. The van der Waals surface area contributed by atoms with Gasteiger partial charge in [0.25, 0.3) is 0 Å². The van der Waals surface area contributed by atoms with E-state index < -0.39 is 0 Å². The fourth-order valence-corrected chi connectivity index (χ4v) is 2.92.